The molecule has 0 aliphatic rings. The van der Waals surface area contributed by atoms with Gasteiger partial charge in [-0.05, 0) is 32.9 Å². The zero-order valence-corrected chi connectivity index (χ0v) is 11.0. The molecule has 0 heterocycles. The van der Waals surface area contributed by atoms with Crippen molar-refractivity contribution in [1.82, 2.24) is 0 Å². The summed E-state index contributed by atoms with van der Waals surface area (Å²) in [5.41, 5.74) is 0.173. The molecule has 0 bridgehead atoms. The predicted octanol–water partition coefficient (Wildman–Crippen LogP) is 2.11. The second kappa shape index (κ2) is 6.39. The Labute approximate surface area is 108 Å². The van der Waals surface area contributed by atoms with Crippen LogP contribution in [0.1, 0.15) is 26.3 Å². The van der Waals surface area contributed by atoms with Gasteiger partial charge in [-0.25, -0.2) is 0 Å². The maximum Gasteiger partial charge on any atom is 0.137 e. The first-order chi connectivity index (χ1) is 8.42. The Morgan fingerprint density at radius 3 is 2.56 bits per heavy atom. The van der Waals surface area contributed by atoms with Crippen LogP contribution in [0.2, 0.25) is 0 Å². The second-order valence-corrected chi connectivity index (χ2v) is 5.00. The quantitative estimate of drug-likeness (QED) is 0.868. The molecule has 0 saturated carbocycles. The minimum atomic E-state index is -0.712. The highest BCUT2D eigenvalue weighted by atomic mass is 16.5. The highest BCUT2D eigenvalue weighted by Gasteiger charge is 2.14. The zero-order valence-electron chi connectivity index (χ0n) is 11.0. The van der Waals surface area contributed by atoms with Crippen LogP contribution in [0.15, 0.2) is 24.3 Å². The molecule has 4 nitrogen and oxygen atoms in total. The van der Waals surface area contributed by atoms with Gasteiger partial charge < -0.3 is 14.6 Å². The van der Waals surface area contributed by atoms with Gasteiger partial charge in [-0.2, -0.15) is 5.26 Å². The van der Waals surface area contributed by atoms with Gasteiger partial charge in [-0.1, -0.05) is 12.1 Å². The van der Waals surface area contributed by atoms with E-state index in [1.165, 1.54) is 0 Å². The number of nitriles is 1. The van der Waals surface area contributed by atoms with E-state index in [4.69, 9.17) is 14.7 Å². The number of benzene rings is 1. The molecule has 18 heavy (non-hydrogen) atoms. The van der Waals surface area contributed by atoms with Gasteiger partial charge in [0.1, 0.15) is 24.5 Å². The largest absolute Gasteiger partial charge is 0.489 e. The molecule has 0 fully saturated rings. The fourth-order valence-electron chi connectivity index (χ4n) is 1.27. The number of hydrogen-bond acceptors (Lipinski definition) is 4. The molecule has 98 valence electrons. The molecule has 4 heteroatoms. The fraction of sp³-hybridized carbons (Fsp3) is 0.500. The fourth-order valence-corrected chi connectivity index (χ4v) is 1.27. The molecule has 1 N–H and O–H groups in total. The van der Waals surface area contributed by atoms with Crippen LogP contribution < -0.4 is 4.74 Å². The third-order valence-electron chi connectivity index (χ3n) is 2.15. The van der Waals surface area contributed by atoms with Gasteiger partial charge >= 0.3 is 0 Å². The van der Waals surface area contributed by atoms with E-state index in [0.29, 0.717) is 11.3 Å². The van der Waals surface area contributed by atoms with E-state index in [0.717, 1.165) is 0 Å². The van der Waals surface area contributed by atoms with Gasteiger partial charge in [0.15, 0.2) is 0 Å². The van der Waals surface area contributed by atoms with Crippen molar-refractivity contribution in [2.24, 2.45) is 0 Å². The summed E-state index contributed by atoms with van der Waals surface area (Å²) in [6, 6.07) is 8.97. The summed E-state index contributed by atoms with van der Waals surface area (Å²) < 4.78 is 10.8. The third-order valence-corrected chi connectivity index (χ3v) is 2.15. The molecule has 1 aromatic rings. The Kier molecular flexibility index (Phi) is 5.14. The first kappa shape index (κ1) is 14.5. The average Bonchev–Trinajstić information content (AvgIpc) is 2.33. The highest BCUT2D eigenvalue weighted by molar-refractivity contribution is 5.42. The van der Waals surface area contributed by atoms with Gasteiger partial charge in [-0.15, -0.1) is 0 Å². The van der Waals surface area contributed by atoms with Crippen LogP contribution in [0.3, 0.4) is 0 Å². The lowest BCUT2D eigenvalue weighted by atomic mass is 10.2. The van der Waals surface area contributed by atoms with Gasteiger partial charge in [0.25, 0.3) is 0 Å². The summed E-state index contributed by atoms with van der Waals surface area (Å²) in [6.07, 6.45) is -0.712. The molecule has 0 aromatic heterocycles. The Hall–Kier alpha value is -1.57. The van der Waals surface area contributed by atoms with Gasteiger partial charge in [0, 0.05) is 0 Å². The Bertz CT molecular complexity index is 418. The van der Waals surface area contributed by atoms with Crippen LogP contribution in [-0.2, 0) is 4.74 Å². The van der Waals surface area contributed by atoms with Gasteiger partial charge in [-0.3, -0.25) is 0 Å². The molecule has 1 aromatic carbocycles. The minimum Gasteiger partial charge on any atom is -0.489 e. The second-order valence-electron chi connectivity index (χ2n) is 5.00. The number of aliphatic hydroxyl groups excluding tert-OH is 1. The summed E-state index contributed by atoms with van der Waals surface area (Å²) in [4.78, 5) is 0. The standard InChI is InChI=1S/C14H19NO3/c1-14(2,3)18-10-12(16)9-17-13-7-5-4-6-11(13)8-15/h4-7,12,16H,9-10H2,1-3H3/t12-/m1/s1. The van der Waals surface area contributed by atoms with E-state index >= 15 is 0 Å². The van der Waals surface area contributed by atoms with E-state index in [2.05, 4.69) is 0 Å². The van der Waals surface area contributed by atoms with Crippen LogP contribution >= 0.6 is 0 Å². The van der Waals surface area contributed by atoms with Crippen LogP contribution in [0, 0.1) is 11.3 Å². The number of hydrogen-bond donors (Lipinski definition) is 1. The first-order valence-corrected chi connectivity index (χ1v) is 5.86. The monoisotopic (exact) mass is 249 g/mol. The summed E-state index contributed by atoms with van der Waals surface area (Å²) in [7, 11) is 0. The molecular formula is C14H19NO3. The minimum absolute atomic E-state index is 0.106. The molecule has 0 spiro atoms. The number of rotatable bonds is 5. The van der Waals surface area contributed by atoms with Crippen molar-refractivity contribution in [2.75, 3.05) is 13.2 Å². The van der Waals surface area contributed by atoms with Crippen molar-refractivity contribution >= 4 is 0 Å². The normalized spacial score (nSPS) is 12.8. The number of para-hydroxylation sites is 1. The summed E-state index contributed by atoms with van der Waals surface area (Å²) in [5, 5.41) is 18.6. The molecule has 1 rings (SSSR count). The van der Waals surface area contributed by atoms with E-state index in [1.54, 1.807) is 24.3 Å². The van der Waals surface area contributed by atoms with E-state index in [9.17, 15) is 5.11 Å². The number of aliphatic hydroxyl groups is 1. The predicted molar refractivity (Wildman–Crippen MR) is 68.4 cm³/mol. The van der Waals surface area contributed by atoms with Gasteiger partial charge in [0.05, 0.1) is 17.8 Å². The molecule has 0 amide bonds. The van der Waals surface area contributed by atoms with Crippen LogP contribution in [0.4, 0.5) is 0 Å². The molecule has 0 aliphatic heterocycles. The van der Waals surface area contributed by atoms with E-state index < -0.39 is 6.10 Å². The van der Waals surface area contributed by atoms with Crippen LogP contribution in [0.25, 0.3) is 0 Å². The topological polar surface area (TPSA) is 62.5 Å². The number of ether oxygens (including phenoxy) is 2. The maximum absolute atomic E-state index is 9.70. The molecule has 0 unspecified atom stereocenters. The zero-order chi connectivity index (χ0) is 13.6. The summed E-state index contributed by atoms with van der Waals surface area (Å²) in [6.45, 7) is 6.08. The molecular weight excluding hydrogens is 230 g/mol. The number of nitrogens with zero attached hydrogens (tertiary/aromatic N) is 1. The van der Waals surface area contributed by atoms with Crippen LogP contribution in [0.5, 0.6) is 5.75 Å². The SMILES string of the molecule is CC(C)(C)OC[C@H](O)COc1ccccc1C#N. The lowest BCUT2D eigenvalue weighted by Crippen LogP contribution is -2.29. The van der Waals surface area contributed by atoms with E-state index in [1.807, 2.05) is 26.8 Å². The van der Waals surface area contributed by atoms with Crippen molar-refractivity contribution in [3.8, 4) is 11.8 Å². The van der Waals surface area contributed by atoms with Crippen molar-refractivity contribution in [2.45, 2.75) is 32.5 Å². The van der Waals surface area contributed by atoms with Crippen molar-refractivity contribution < 1.29 is 14.6 Å². The Balaban J connectivity index is 2.43. The third kappa shape index (κ3) is 5.17. The van der Waals surface area contributed by atoms with Crippen molar-refractivity contribution in [3.05, 3.63) is 29.8 Å². The lowest BCUT2D eigenvalue weighted by molar-refractivity contribution is -0.0586. The van der Waals surface area contributed by atoms with Crippen molar-refractivity contribution in [1.29, 1.82) is 5.26 Å². The summed E-state index contributed by atoms with van der Waals surface area (Å²) in [5.74, 6) is 0.481. The molecule has 0 radical (unpaired) electrons. The molecule has 0 aliphatic carbocycles. The van der Waals surface area contributed by atoms with Crippen LogP contribution in [-0.4, -0.2) is 30.0 Å². The Morgan fingerprint density at radius 1 is 1.28 bits per heavy atom. The smallest absolute Gasteiger partial charge is 0.137 e. The maximum atomic E-state index is 9.70. The molecule has 1 atom stereocenters. The summed E-state index contributed by atoms with van der Waals surface area (Å²) >= 11 is 0. The van der Waals surface area contributed by atoms with Gasteiger partial charge in [0.2, 0.25) is 0 Å². The average molecular weight is 249 g/mol. The first-order valence-electron chi connectivity index (χ1n) is 5.86. The molecule has 0 saturated heterocycles. The lowest BCUT2D eigenvalue weighted by Gasteiger charge is -2.22. The Morgan fingerprint density at radius 2 is 1.94 bits per heavy atom. The van der Waals surface area contributed by atoms with Crippen molar-refractivity contribution in [3.63, 3.8) is 0 Å². The van der Waals surface area contributed by atoms with E-state index in [-0.39, 0.29) is 18.8 Å². The highest BCUT2D eigenvalue weighted by Crippen LogP contribution is 2.16.